The van der Waals surface area contributed by atoms with E-state index in [1.54, 1.807) is 5.43 Å². The molecule has 1 aromatic rings. The number of hydrogen-bond acceptors (Lipinski definition) is 3. The molecule has 0 aliphatic carbocycles. The van der Waals surface area contributed by atoms with E-state index in [0.717, 1.165) is 12.3 Å². The number of nitrogens with one attached hydrogen (secondary N) is 1. The van der Waals surface area contributed by atoms with Gasteiger partial charge in [0.1, 0.15) is 5.82 Å². The van der Waals surface area contributed by atoms with Crippen LogP contribution in [0.25, 0.3) is 0 Å². The molecule has 11 heavy (non-hydrogen) atoms. The molecule has 0 fully saturated rings. The Morgan fingerprint density at radius 3 is 2.82 bits per heavy atom. The fraction of sp³-hybridized carbons (Fsp3) is 0. The minimum absolute atomic E-state index is 0.0106. The van der Waals surface area contributed by atoms with E-state index in [9.17, 15) is 14.5 Å². The number of hydrazine groups is 1. The zero-order chi connectivity index (χ0) is 8.27. The molecule has 0 aliphatic heterocycles. The van der Waals surface area contributed by atoms with Gasteiger partial charge in [-0.2, -0.15) is 0 Å². The van der Waals surface area contributed by atoms with E-state index in [1.807, 2.05) is 0 Å². The summed E-state index contributed by atoms with van der Waals surface area (Å²) in [6.07, 6.45) is 0.895. The summed E-state index contributed by atoms with van der Waals surface area (Å²) in [5, 5.41) is 9.05. The molecular formula is C5H4FN3O2. The Balaban J connectivity index is 2.74. The molecule has 1 heterocycles. The molecule has 0 aliphatic rings. The van der Waals surface area contributed by atoms with Crippen LogP contribution in [0.1, 0.15) is 0 Å². The fourth-order valence-corrected chi connectivity index (χ4v) is 0.535. The molecule has 0 radical (unpaired) electrons. The Kier molecular flexibility index (Phi) is 1.95. The van der Waals surface area contributed by atoms with Crippen molar-refractivity contribution in [3.8, 4) is 0 Å². The van der Waals surface area contributed by atoms with Crippen molar-refractivity contribution in [3.63, 3.8) is 0 Å². The first kappa shape index (κ1) is 7.39. The van der Waals surface area contributed by atoms with Crippen molar-refractivity contribution in [2.45, 2.75) is 0 Å². The van der Waals surface area contributed by atoms with Crippen LogP contribution in [0.5, 0.6) is 0 Å². The Hall–Kier alpha value is -1.72. The molecule has 1 aromatic heterocycles. The zero-order valence-electron chi connectivity index (χ0n) is 5.32. The second-order valence-electron chi connectivity index (χ2n) is 1.73. The average Bonchev–Trinajstić information content (AvgIpc) is 1.93. The van der Waals surface area contributed by atoms with Crippen LogP contribution in [-0.4, -0.2) is 10.0 Å². The van der Waals surface area contributed by atoms with Crippen molar-refractivity contribution in [2.24, 2.45) is 0 Å². The summed E-state index contributed by atoms with van der Waals surface area (Å²) in [6.45, 7) is 0. The number of nitrogens with zero attached hydrogens (tertiary/aromatic N) is 2. The van der Waals surface area contributed by atoms with Crippen molar-refractivity contribution in [1.82, 2.24) is 4.98 Å². The Labute approximate surface area is 61.0 Å². The molecule has 0 atom stereocenters. The standard InChI is InChI=1S/C5H4FN3O2/c6-4-1-2-5(7-3-4)8-9(10)11/h1-3H,(H,7,8). The molecule has 1 N–H and O–H groups in total. The normalized spacial score (nSPS) is 9.18. The maximum atomic E-state index is 12.2. The minimum Gasteiger partial charge on any atom is -0.234 e. The second kappa shape index (κ2) is 2.91. The molecule has 0 unspecified atom stereocenters. The van der Waals surface area contributed by atoms with Crippen molar-refractivity contribution in [3.05, 3.63) is 34.3 Å². The summed E-state index contributed by atoms with van der Waals surface area (Å²) in [6, 6.07) is 2.26. The van der Waals surface area contributed by atoms with Gasteiger partial charge in [0, 0.05) is 0 Å². The van der Waals surface area contributed by atoms with Crippen molar-refractivity contribution < 1.29 is 9.42 Å². The van der Waals surface area contributed by atoms with Crippen LogP contribution in [0.2, 0.25) is 0 Å². The number of anilines is 1. The van der Waals surface area contributed by atoms with E-state index in [-0.39, 0.29) is 5.82 Å². The predicted octanol–water partition coefficient (Wildman–Crippen LogP) is 0.824. The van der Waals surface area contributed by atoms with Gasteiger partial charge in [-0.3, -0.25) is 0 Å². The first-order valence-electron chi connectivity index (χ1n) is 2.71. The zero-order valence-corrected chi connectivity index (χ0v) is 5.32. The first-order valence-corrected chi connectivity index (χ1v) is 2.71. The van der Waals surface area contributed by atoms with E-state index < -0.39 is 10.8 Å². The van der Waals surface area contributed by atoms with E-state index >= 15 is 0 Å². The van der Waals surface area contributed by atoms with Gasteiger partial charge in [0.15, 0.2) is 10.9 Å². The van der Waals surface area contributed by atoms with Crippen LogP contribution in [0.4, 0.5) is 10.2 Å². The average molecular weight is 157 g/mol. The van der Waals surface area contributed by atoms with E-state index in [4.69, 9.17) is 0 Å². The van der Waals surface area contributed by atoms with Crippen LogP contribution in [0, 0.1) is 15.9 Å². The minimum atomic E-state index is -0.764. The van der Waals surface area contributed by atoms with Gasteiger partial charge < -0.3 is 0 Å². The molecule has 0 amide bonds. The number of hydrogen-bond donors (Lipinski definition) is 1. The maximum Gasteiger partial charge on any atom is 0.190 e. The SMILES string of the molecule is O=[N+]([O-])Nc1ccc(F)cn1. The molecule has 0 saturated heterocycles. The highest BCUT2D eigenvalue weighted by Gasteiger charge is 1.98. The number of nitro groups is 1. The largest absolute Gasteiger partial charge is 0.234 e. The molecule has 0 spiro atoms. The van der Waals surface area contributed by atoms with E-state index in [0.29, 0.717) is 0 Å². The van der Waals surface area contributed by atoms with Crippen LogP contribution in [0.15, 0.2) is 18.3 Å². The van der Waals surface area contributed by atoms with Gasteiger partial charge in [0.25, 0.3) is 0 Å². The van der Waals surface area contributed by atoms with Gasteiger partial charge in [0.05, 0.1) is 6.20 Å². The number of pyridine rings is 1. The lowest BCUT2D eigenvalue weighted by atomic mass is 10.4. The summed E-state index contributed by atoms with van der Waals surface area (Å²) in [4.78, 5) is 13.2. The van der Waals surface area contributed by atoms with Gasteiger partial charge in [-0.05, 0) is 12.1 Å². The smallest absolute Gasteiger partial charge is 0.190 e. The van der Waals surface area contributed by atoms with Gasteiger partial charge in [0.2, 0.25) is 0 Å². The molecular weight excluding hydrogens is 153 g/mol. The third-order valence-corrected chi connectivity index (χ3v) is 0.933. The lowest BCUT2D eigenvalue weighted by molar-refractivity contribution is -0.445. The molecule has 0 bridgehead atoms. The lowest BCUT2D eigenvalue weighted by Gasteiger charge is -1.93. The third kappa shape index (κ3) is 2.17. The van der Waals surface area contributed by atoms with Gasteiger partial charge in [-0.1, -0.05) is 5.43 Å². The number of aromatic nitrogens is 1. The Morgan fingerprint density at radius 2 is 2.36 bits per heavy atom. The molecule has 6 heteroatoms. The first-order chi connectivity index (χ1) is 5.18. The molecule has 5 nitrogen and oxygen atoms in total. The Morgan fingerprint density at radius 1 is 1.64 bits per heavy atom. The van der Waals surface area contributed by atoms with Crippen molar-refractivity contribution in [1.29, 1.82) is 0 Å². The molecule has 0 saturated carbocycles. The summed E-state index contributed by atoms with van der Waals surface area (Å²) in [5.74, 6) is -0.518. The topological polar surface area (TPSA) is 68.1 Å². The van der Waals surface area contributed by atoms with Crippen molar-refractivity contribution >= 4 is 5.82 Å². The highest BCUT2D eigenvalue weighted by Crippen LogP contribution is 2.02. The monoisotopic (exact) mass is 157 g/mol. The summed E-state index contributed by atoms with van der Waals surface area (Å²) in [5.41, 5.74) is 1.78. The molecule has 0 aromatic carbocycles. The van der Waals surface area contributed by atoms with Crippen LogP contribution < -0.4 is 5.43 Å². The third-order valence-electron chi connectivity index (χ3n) is 0.933. The van der Waals surface area contributed by atoms with Crippen LogP contribution in [-0.2, 0) is 0 Å². The molecule has 1 rings (SSSR count). The summed E-state index contributed by atoms with van der Waals surface area (Å²) in [7, 11) is 0. The van der Waals surface area contributed by atoms with E-state index in [2.05, 4.69) is 4.98 Å². The summed E-state index contributed by atoms with van der Waals surface area (Å²) >= 11 is 0. The van der Waals surface area contributed by atoms with Crippen LogP contribution in [0.3, 0.4) is 0 Å². The van der Waals surface area contributed by atoms with Gasteiger partial charge >= 0.3 is 0 Å². The van der Waals surface area contributed by atoms with Crippen LogP contribution >= 0.6 is 0 Å². The predicted molar refractivity (Wildman–Crippen MR) is 34.8 cm³/mol. The molecule has 58 valence electrons. The summed E-state index contributed by atoms with van der Waals surface area (Å²) < 4.78 is 12.2. The van der Waals surface area contributed by atoms with E-state index in [1.165, 1.54) is 6.07 Å². The number of rotatable bonds is 2. The van der Waals surface area contributed by atoms with Gasteiger partial charge in [-0.15, -0.1) is 0 Å². The highest BCUT2D eigenvalue weighted by atomic mass is 19.1. The second-order valence-corrected chi connectivity index (χ2v) is 1.73. The van der Waals surface area contributed by atoms with Gasteiger partial charge in [-0.25, -0.2) is 19.5 Å². The quantitative estimate of drug-likeness (QED) is 0.509. The number of halogens is 1. The lowest BCUT2D eigenvalue weighted by Crippen LogP contribution is -2.08. The van der Waals surface area contributed by atoms with Crippen molar-refractivity contribution in [2.75, 3.05) is 5.43 Å². The maximum absolute atomic E-state index is 12.2. The Bertz CT molecular complexity index is 261. The fourth-order valence-electron chi connectivity index (χ4n) is 0.535. The highest BCUT2D eigenvalue weighted by molar-refractivity contribution is 5.29.